The van der Waals surface area contributed by atoms with E-state index in [1.807, 2.05) is 19.9 Å². The van der Waals surface area contributed by atoms with Gasteiger partial charge in [-0.15, -0.1) is 0 Å². The van der Waals surface area contributed by atoms with Crippen LogP contribution < -0.4 is 5.32 Å². The summed E-state index contributed by atoms with van der Waals surface area (Å²) in [7, 11) is 0. The summed E-state index contributed by atoms with van der Waals surface area (Å²) in [6.45, 7) is 3.16. The van der Waals surface area contributed by atoms with Gasteiger partial charge < -0.3 is 10.1 Å². The lowest BCUT2D eigenvalue weighted by molar-refractivity contribution is -0.141. The largest absolute Gasteiger partial charge is 0.456 e. The van der Waals surface area contributed by atoms with Gasteiger partial charge in [0, 0.05) is 16.1 Å². The van der Waals surface area contributed by atoms with Crippen LogP contribution in [0.1, 0.15) is 31.8 Å². The van der Waals surface area contributed by atoms with Crippen molar-refractivity contribution in [3.05, 3.63) is 69.7 Å². The molecule has 5 nitrogen and oxygen atoms in total. The van der Waals surface area contributed by atoms with E-state index in [0.717, 1.165) is 11.1 Å². The number of rotatable bonds is 6. The quantitative estimate of drug-likeness (QED) is 0.635. The van der Waals surface area contributed by atoms with Crippen molar-refractivity contribution in [2.75, 3.05) is 13.2 Å². The number of esters is 1. The van der Waals surface area contributed by atoms with Crippen molar-refractivity contribution in [2.24, 2.45) is 0 Å². The maximum Gasteiger partial charge on any atom is 0.325 e. The number of aryl methyl sites for hydroxylation is 2. The van der Waals surface area contributed by atoms with E-state index in [2.05, 4.69) is 5.32 Å². The lowest BCUT2D eigenvalue weighted by Gasteiger charge is -2.08. The molecule has 1 N–H and O–H groups in total. The Hall–Kier alpha value is -2.66. The van der Waals surface area contributed by atoms with Crippen LogP contribution in [0.15, 0.2) is 42.5 Å². The summed E-state index contributed by atoms with van der Waals surface area (Å²) in [4.78, 5) is 35.6. The molecule has 0 fully saturated rings. The second-order valence-corrected chi connectivity index (χ2v) is 6.01. The van der Waals surface area contributed by atoms with E-state index in [1.165, 1.54) is 0 Å². The molecule has 0 atom stereocenters. The van der Waals surface area contributed by atoms with Crippen molar-refractivity contribution < 1.29 is 19.1 Å². The smallest absolute Gasteiger partial charge is 0.325 e. The third kappa shape index (κ3) is 5.43. The molecule has 2 rings (SSSR count). The number of carbonyl (C=O) groups is 3. The van der Waals surface area contributed by atoms with Gasteiger partial charge in [0.2, 0.25) is 0 Å². The molecule has 0 saturated carbocycles. The molecule has 0 spiro atoms. The SMILES string of the molecule is Cc1ccc(C(=O)NCC(=O)OCC(=O)c2ccc(Cl)cc2)cc1C. The van der Waals surface area contributed by atoms with Crippen LogP contribution in [0.2, 0.25) is 5.02 Å². The van der Waals surface area contributed by atoms with E-state index in [4.69, 9.17) is 16.3 Å². The third-order valence-electron chi connectivity index (χ3n) is 3.69. The first-order valence-corrected chi connectivity index (χ1v) is 8.04. The zero-order chi connectivity index (χ0) is 18.4. The van der Waals surface area contributed by atoms with Gasteiger partial charge in [-0.05, 0) is 61.4 Å². The summed E-state index contributed by atoms with van der Waals surface area (Å²) in [5.41, 5.74) is 2.94. The number of nitrogens with one attached hydrogen (secondary N) is 1. The van der Waals surface area contributed by atoms with Gasteiger partial charge in [0.15, 0.2) is 12.4 Å². The maximum absolute atomic E-state index is 12.0. The fourth-order valence-electron chi connectivity index (χ4n) is 2.05. The molecule has 130 valence electrons. The van der Waals surface area contributed by atoms with E-state index >= 15 is 0 Å². The average molecular weight is 360 g/mol. The number of ketones is 1. The van der Waals surface area contributed by atoms with Gasteiger partial charge >= 0.3 is 5.97 Å². The standard InChI is InChI=1S/C19H18ClNO4/c1-12-3-4-15(9-13(12)2)19(24)21-10-18(23)25-11-17(22)14-5-7-16(20)8-6-14/h3-9H,10-11H2,1-2H3,(H,21,24). The van der Waals surface area contributed by atoms with Crippen molar-refractivity contribution in [1.29, 1.82) is 0 Å². The summed E-state index contributed by atoms with van der Waals surface area (Å²) < 4.78 is 4.88. The van der Waals surface area contributed by atoms with E-state index < -0.39 is 5.97 Å². The van der Waals surface area contributed by atoms with Crippen molar-refractivity contribution in [3.63, 3.8) is 0 Å². The second-order valence-electron chi connectivity index (χ2n) is 5.57. The third-order valence-corrected chi connectivity index (χ3v) is 3.94. The summed E-state index contributed by atoms with van der Waals surface area (Å²) >= 11 is 5.75. The molecule has 1 amide bonds. The number of amides is 1. The highest BCUT2D eigenvalue weighted by molar-refractivity contribution is 6.30. The topological polar surface area (TPSA) is 72.5 Å². The van der Waals surface area contributed by atoms with Crippen LogP contribution in [0.25, 0.3) is 0 Å². The molecule has 0 aliphatic heterocycles. The summed E-state index contributed by atoms with van der Waals surface area (Å²) in [6, 6.07) is 11.6. The van der Waals surface area contributed by atoms with Crippen molar-refractivity contribution >= 4 is 29.3 Å². The summed E-state index contributed by atoms with van der Waals surface area (Å²) in [5, 5.41) is 2.99. The Morgan fingerprint density at radius 2 is 1.60 bits per heavy atom. The first-order chi connectivity index (χ1) is 11.9. The van der Waals surface area contributed by atoms with E-state index in [-0.39, 0.29) is 24.8 Å². The molecule has 2 aromatic carbocycles. The second kappa shape index (κ2) is 8.44. The zero-order valence-electron chi connectivity index (χ0n) is 14.0. The minimum absolute atomic E-state index is 0.306. The highest BCUT2D eigenvalue weighted by Gasteiger charge is 2.12. The van der Waals surface area contributed by atoms with Crippen LogP contribution >= 0.6 is 11.6 Å². The first-order valence-electron chi connectivity index (χ1n) is 7.66. The highest BCUT2D eigenvalue weighted by Crippen LogP contribution is 2.11. The van der Waals surface area contributed by atoms with Gasteiger partial charge in [-0.3, -0.25) is 14.4 Å². The van der Waals surface area contributed by atoms with E-state index in [9.17, 15) is 14.4 Å². The molecule has 0 aromatic heterocycles. The first kappa shape index (κ1) is 18.7. The van der Waals surface area contributed by atoms with Crippen LogP contribution in [-0.4, -0.2) is 30.8 Å². The Morgan fingerprint density at radius 3 is 2.24 bits per heavy atom. The highest BCUT2D eigenvalue weighted by atomic mass is 35.5. The number of carbonyl (C=O) groups excluding carboxylic acids is 3. The number of Topliss-reactive ketones (excluding diaryl/α,β-unsaturated/α-hetero) is 1. The lowest BCUT2D eigenvalue weighted by atomic mass is 10.1. The lowest BCUT2D eigenvalue weighted by Crippen LogP contribution is -2.31. The molecule has 0 bridgehead atoms. The fraction of sp³-hybridized carbons (Fsp3) is 0.211. The number of ether oxygens (including phenoxy) is 1. The van der Waals surface area contributed by atoms with Gasteiger partial charge in [-0.25, -0.2) is 0 Å². The number of hydrogen-bond donors (Lipinski definition) is 1. The van der Waals surface area contributed by atoms with Crippen molar-refractivity contribution in [3.8, 4) is 0 Å². The summed E-state index contributed by atoms with van der Waals surface area (Å²) in [6.07, 6.45) is 0. The van der Waals surface area contributed by atoms with Gasteiger partial charge in [0.1, 0.15) is 6.54 Å². The zero-order valence-corrected chi connectivity index (χ0v) is 14.7. The van der Waals surface area contributed by atoms with E-state index in [1.54, 1.807) is 36.4 Å². The normalized spacial score (nSPS) is 10.2. The number of halogens is 1. The van der Waals surface area contributed by atoms with Gasteiger partial charge in [-0.2, -0.15) is 0 Å². The molecule has 0 radical (unpaired) electrons. The average Bonchev–Trinajstić information content (AvgIpc) is 2.60. The number of hydrogen-bond acceptors (Lipinski definition) is 4. The molecule has 0 aliphatic carbocycles. The molecule has 0 saturated heterocycles. The van der Waals surface area contributed by atoms with Crippen LogP contribution in [0.3, 0.4) is 0 Å². The molecule has 25 heavy (non-hydrogen) atoms. The molecule has 6 heteroatoms. The summed E-state index contributed by atoms with van der Waals surface area (Å²) in [5.74, 6) is -1.39. The minimum atomic E-state index is -0.681. The van der Waals surface area contributed by atoms with Crippen LogP contribution in [0, 0.1) is 13.8 Å². The van der Waals surface area contributed by atoms with Crippen LogP contribution in [0.5, 0.6) is 0 Å². The molecule has 0 heterocycles. The Balaban J connectivity index is 1.80. The van der Waals surface area contributed by atoms with Crippen molar-refractivity contribution in [1.82, 2.24) is 5.32 Å². The van der Waals surface area contributed by atoms with Crippen LogP contribution in [-0.2, 0) is 9.53 Å². The fourth-order valence-corrected chi connectivity index (χ4v) is 2.18. The predicted octanol–water partition coefficient (Wildman–Crippen LogP) is 3.11. The predicted molar refractivity (Wildman–Crippen MR) is 95.0 cm³/mol. The molecule has 0 unspecified atom stereocenters. The molecule has 2 aromatic rings. The van der Waals surface area contributed by atoms with E-state index in [0.29, 0.717) is 16.1 Å². The van der Waals surface area contributed by atoms with Crippen molar-refractivity contribution in [2.45, 2.75) is 13.8 Å². The van der Waals surface area contributed by atoms with Crippen LogP contribution in [0.4, 0.5) is 0 Å². The maximum atomic E-state index is 12.0. The minimum Gasteiger partial charge on any atom is -0.456 e. The Labute approximate surface area is 150 Å². The Kier molecular flexibility index (Phi) is 6.31. The molecule has 0 aliphatic rings. The molecular formula is C19H18ClNO4. The molecular weight excluding hydrogens is 342 g/mol. The van der Waals surface area contributed by atoms with Gasteiger partial charge in [0.05, 0.1) is 0 Å². The Bertz CT molecular complexity index is 800. The van der Waals surface area contributed by atoms with Gasteiger partial charge in [-0.1, -0.05) is 17.7 Å². The Morgan fingerprint density at radius 1 is 0.960 bits per heavy atom. The van der Waals surface area contributed by atoms with Gasteiger partial charge in [0.25, 0.3) is 5.91 Å². The monoisotopic (exact) mass is 359 g/mol. The number of benzene rings is 2.